The first-order chi connectivity index (χ1) is 8.74. The zero-order valence-electron chi connectivity index (χ0n) is 9.33. The second-order valence-electron chi connectivity index (χ2n) is 3.31. The second kappa shape index (κ2) is 5.72. The standard InChI is InChI=1S/C12H10O6/c13-9(17-11-3-1-7-15-11)5-6-10(14)18-12-4-2-8-16-12/h1-4,7-8H,5-6H2. The fraction of sp³-hybridized carbons (Fsp3) is 0.167. The van der Waals surface area contributed by atoms with E-state index in [1.807, 2.05) is 0 Å². The minimum Gasteiger partial charge on any atom is -0.434 e. The number of hydrogen-bond donors (Lipinski definition) is 0. The smallest absolute Gasteiger partial charge is 0.314 e. The summed E-state index contributed by atoms with van der Waals surface area (Å²) in [7, 11) is 0. The van der Waals surface area contributed by atoms with Gasteiger partial charge < -0.3 is 18.3 Å². The molecule has 2 heterocycles. The number of ether oxygens (including phenoxy) is 2. The third kappa shape index (κ3) is 3.51. The highest BCUT2D eigenvalue weighted by atomic mass is 16.6. The first-order valence-corrected chi connectivity index (χ1v) is 5.22. The largest absolute Gasteiger partial charge is 0.434 e. The van der Waals surface area contributed by atoms with E-state index in [0.29, 0.717) is 0 Å². The van der Waals surface area contributed by atoms with Gasteiger partial charge in [-0.25, -0.2) is 0 Å². The molecule has 0 unspecified atom stereocenters. The zero-order chi connectivity index (χ0) is 12.8. The predicted octanol–water partition coefficient (Wildman–Crippen LogP) is 2.16. The van der Waals surface area contributed by atoms with Gasteiger partial charge in [0.05, 0.1) is 25.4 Å². The maximum atomic E-state index is 11.3. The lowest BCUT2D eigenvalue weighted by atomic mass is 10.3. The summed E-state index contributed by atoms with van der Waals surface area (Å²) in [5, 5.41) is 0. The van der Waals surface area contributed by atoms with Crippen LogP contribution in [0.15, 0.2) is 45.6 Å². The first kappa shape index (κ1) is 12.0. The summed E-state index contributed by atoms with van der Waals surface area (Å²) < 4.78 is 19.3. The monoisotopic (exact) mass is 250 g/mol. The van der Waals surface area contributed by atoms with E-state index < -0.39 is 11.9 Å². The SMILES string of the molecule is O=C(CCC(=O)Oc1ccco1)Oc1ccco1. The van der Waals surface area contributed by atoms with Crippen LogP contribution < -0.4 is 9.47 Å². The van der Waals surface area contributed by atoms with E-state index in [1.165, 1.54) is 24.7 Å². The summed E-state index contributed by atoms with van der Waals surface area (Å²) in [6.45, 7) is 0. The molecule has 6 heteroatoms. The van der Waals surface area contributed by atoms with E-state index in [9.17, 15) is 9.59 Å². The van der Waals surface area contributed by atoms with Crippen LogP contribution in [0.4, 0.5) is 0 Å². The van der Waals surface area contributed by atoms with Crippen LogP contribution in [0.3, 0.4) is 0 Å². The van der Waals surface area contributed by atoms with Crippen LogP contribution in [-0.4, -0.2) is 11.9 Å². The lowest BCUT2D eigenvalue weighted by Crippen LogP contribution is -2.13. The maximum Gasteiger partial charge on any atom is 0.314 e. The molecule has 0 saturated carbocycles. The molecule has 0 N–H and O–H groups in total. The molecule has 0 bridgehead atoms. The van der Waals surface area contributed by atoms with Crippen molar-refractivity contribution in [3.8, 4) is 11.9 Å². The van der Waals surface area contributed by atoms with Gasteiger partial charge in [-0.05, 0) is 12.1 Å². The van der Waals surface area contributed by atoms with E-state index in [-0.39, 0.29) is 24.7 Å². The van der Waals surface area contributed by atoms with E-state index in [2.05, 4.69) is 0 Å². The van der Waals surface area contributed by atoms with E-state index in [0.717, 1.165) is 0 Å². The molecule has 0 amide bonds. The zero-order valence-corrected chi connectivity index (χ0v) is 9.33. The van der Waals surface area contributed by atoms with Crippen LogP contribution in [0, 0.1) is 0 Å². The Hall–Kier alpha value is -2.50. The van der Waals surface area contributed by atoms with Gasteiger partial charge in [-0.2, -0.15) is 0 Å². The van der Waals surface area contributed by atoms with Crippen molar-refractivity contribution in [3.05, 3.63) is 36.8 Å². The van der Waals surface area contributed by atoms with Gasteiger partial charge in [0.2, 0.25) is 0 Å². The molecule has 0 aliphatic rings. The minimum absolute atomic E-state index is 0.0967. The van der Waals surface area contributed by atoms with Crippen LogP contribution >= 0.6 is 0 Å². The molecule has 0 radical (unpaired) electrons. The van der Waals surface area contributed by atoms with Crippen molar-refractivity contribution in [2.75, 3.05) is 0 Å². The molecular formula is C12H10O6. The quantitative estimate of drug-likeness (QED) is 0.756. The summed E-state index contributed by atoms with van der Waals surface area (Å²) in [5.41, 5.74) is 0. The number of carbonyl (C=O) groups is 2. The lowest BCUT2D eigenvalue weighted by Gasteiger charge is -2.01. The predicted molar refractivity (Wildman–Crippen MR) is 57.9 cm³/mol. The maximum absolute atomic E-state index is 11.3. The molecule has 0 saturated heterocycles. The third-order valence-corrected chi connectivity index (χ3v) is 1.95. The Morgan fingerprint density at radius 1 is 0.889 bits per heavy atom. The van der Waals surface area contributed by atoms with Crippen molar-refractivity contribution < 1.29 is 27.9 Å². The minimum atomic E-state index is -0.568. The fourth-order valence-electron chi connectivity index (χ4n) is 1.17. The summed E-state index contributed by atoms with van der Waals surface area (Å²) in [5.74, 6) is -0.943. The Morgan fingerprint density at radius 3 is 1.67 bits per heavy atom. The van der Waals surface area contributed by atoms with Gasteiger partial charge in [-0.3, -0.25) is 9.59 Å². The van der Waals surface area contributed by atoms with Crippen molar-refractivity contribution in [2.45, 2.75) is 12.8 Å². The molecule has 0 fully saturated rings. The Kier molecular flexibility index (Phi) is 3.80. The highest BCUT2D eigenvalue weighted by Gasteiger charge is 2.12. The fourth-order valence-corrected chi connectivity index (χ4v) is 1.17. The molecule has 2 aromatic heterocycles. The molecule has 0 spiro atoms. The second-order valence-corrected chi connectivity index (χ2v) is 3.31. The van der Waals surface area contributed by atoms with Crippen LogP contribution in [0.5, 0.6) is 11.9 Å². The number of furan rings is 2. The van der Waals surface area contributed by atoms with E-state index in [4.69, 9.17) is 18.3 Å². The van der Waals surface area contributed by atoms with Gasteiger partial charge in [-0.1, -0.05) is 0 Å². The van der Waals surface area contributed by atoms with Gasteiger partial charge in [0.15, 0.2) is 0 Å². The number of carbonyl (C=O) groups excluding carboxylic acids is 2. The Bertz CT molecular complexity index is 448. The summed E-state index contributed by atoms with van der Waals surface area (Å²) in [6, 6.07) is 6.18. The Balaban J connectivity index is 1.71. The normalized spacial score (nSPS) is 10.0. The average Bonchev–Trinajstić information content (AvgIpc) is 2.99. The van der Waals surface area contributed by atoms with Crippen LogP contribution in [-0.2, 0) is 9.59 Å². The number of esters is 2. The van der Waals surface area contributed by atoms with Crippen molar-refractivity contribution >= 4 is 11.9 Å². The molecule has 6 nitrogen and oxygen atoms in total. The van der Waals surface area contributed by atoms with E-state index in [1.54, 1.807) is 12.1 Å². The molecule has 0 aliphatic carbocycles. The average molecular weight is 250 g/mol. The van der Waals surface area contributed by atoms with Crippen LogP contribution in [0.1, 0.15) is 12.8 Å². The van der Waals surface area contributed by atoms with Gasteiger partial charge in [0, 0.05) is 12.1 Å². The van der Waals surface area contributed by atoms with Crippen molar-refractivity contribution in [1.82, 2.24) is 0 Å². The molecule has 0 aliphatic heterocycles. The van der Waals surface area contributed by atoms with E-state index >= 15 is 0 Å². The van der Waals surface area contributed by atoms with Gasteiger partial charge in [-0.15, -0.1) is 0 Å². The highest BCUT2D eigenvalue weighted by molar-refractivity contribution is 5.79. The van der Waals surface area contributed by atoms with Crippen LogP contribution in [0.25, 0.3) is 0 Å². The molecule has 94 valence electrons. The summed E-state index contributed by atoms with van der Waals surface area (Å²) in [6.07, 6.45) is 2.57. The van der Waals surface area contributed by atoms with Crippen molar-refractivity contribution in [3.63, 3.8) is 0 Å². The first-order valence-electron chi connectivity index (χ1n) is 5.22. The van der Waals surface area contributed by atoms with Gasteiger partial charge in [0.25, 0.3) is 11.9 Å². The van der Waals surface area contributed by atoms with Crippen molar-refractivity contribution in [2.24, 2.45) is 0 Å². The molecule has 18 heavy (non-hydrogen) atoms. The lowest BCUT2D eigenvalue weighted by molar-refractivity contribution is -0.141. The van der Waals surface area contributed by atoms with Crippen molar-refractivity contribution in [1.29, 1.82) is 0 Å². The Labute approximate surface area is 102 Å². The number of rotatable bonds is 5. The van der Waals surface area contributed by atoms with Crippen LogP contribution in [0.2, 0.25) is 0 Å². The van der Waals surface area contributed by atoms with Gasteiger partial charge >= 0.3 is 11.9 Å². The summed E-state index contributed by atoms with van der Waals surface area (Å²) >= 11 is 0. The Morgan fingerprint density at radius 2 is 1.33 bits per heavy atom. The number of hydrogen-bond acceptors (Lipinski definition) is 6. The highest BCUT2D eigenvalue weighted by Crippen LogP contribution is 2.13. The molecule has 2 aromatic rings. The van der Waals surface area contributed by atoms with Gasteiger partial charge in [0.1, 0.15) is 0 Å². The molecular weight excluding hydrogens is 240 g/mol. The topological polar surface area (TPSA) is 78.9 Å². The molecule has 2 rings (SSSR count). The third-order valence-electron chi connectivity index (χ3n) is 1.95. The summed E-state index contributed by atoms with van der Waals surface area (Å²) in [4.78, 5) is 22.6. The molecule has 0 aromatic carbocycles. The molecule has 0 atom stereocenters.